The summed E-state index contributed by atoms with van der Waals surface area (Å²) >= 11 is 0. The minimum atomic E-state index is -0.161. The highest BCUT2D eigenvalue weighted by Crippen LogP contribution is 2.25. The predicted octanol–water partition coefficient (Wildman–Crippen LogP) is 1.11. The van der Waals surface area contributed by atoms with Crippen molar-refractivity contribution >= 4 is 16.8 Å². The summed E-state index contributed by atoms with van der Waals surface area (Å²) in [5, 5.41) is 0.825. The van der Waals surface area contributed by atoms with Crippen molar-refractivity contribution in [2.24, 2.45) is 0 Å². The summed E-state index contributed by atoms with van der Waals surface area (Å²) in [5.41, 5.74) is 1.69. The first kappa shape index (κ1) is 9.15. The molecule has 1 amide bonds. The average molecular weight is 214 g/mol. The Morgan fingerprint density at radius 2 is 2.00 bits per heavy atom. The number of benzene rings is 1. The lowest BCUT2D eigenvalue weighted by Crippen LogP contribution is -2.17. The van der Waals surface area contributed by atoms with Crippen molar-refractivity contribution in [3.8, 4) is 0 Å². The standard InChI is InChI=1S/C12H10N2O2/c1-14-6-8-10(12(14)16)7-4-2-3-5-9(7)13-11(8)15/h2-5H,6H2,1H3,(H,13,15). The van der Waals surface area contributed by atoms with E-state index in [0.29, 0.717) is 17.7 Å². The third-order valence-corrected chi connectivity index (χ3v) is 2.98. The highest BCUT2D eigenvalue weighted by molar-refractivity contribution is 6.09. The molecule has 0 saturated heterocycles. The number of para-hydroxylation sites is 1. The zero-order valence-electron chi connectivity index (χ0n) is 8.78. The van der Waals surface area contributed by atoms with Gasteiger partial charge in [0.15, 0.2) is 0 Å². The molecule has 3 rings (SSSR count). The van der Waals surface area contributed by atoms with Crippen LogP contribution in [0.4, 0.5) is 0 Å². The SMILES string of the molecule is CN1Cc2c(c3ccccc3[nH]c2=O)C1=O. The lowest BCUT2D eigenvalue weighted by atomic mass is 10.1. The summed E-state index contributed by atoms with van der Waals surface area (Å²) in [6.45, 7) is 0.397. The summed E-state index contributed by atoms with van der Waals surface area (Å²) in [4.78, 5) is 28.1. The van der Waals surface area contributed by atoms with Crippen LogP contribution in [0.2, 0.25) is 0 Å². The van der Waals surface area contributed by atoms with Crippen LogP contribution in [0.1, 0.15) is 15.9 Å². The molecule has 1 aromatic carbocycles. The summed E-state index contributed by atoms with van der Waals surface area (Å²) in [7, 11) is 1.70. The van der Waals surface area contributed by atoms with E-state index >= 15 is 0 Å². The second-order valence-corrected chi connectivity index (χ2v) is 4.01. The van der Waals surface area contributed by atoms with E-state index < -0.39 is 0 Å². The lowest BCUT2D eigenvalue weighted by molar-refractivity contribution is 0.0818. The molecule has 1 N–H and O–H groups in total. The van der Waals surface area contributed by atoms with Gasteiger partial charge in [0, 0.05) is 18.0 Å². The Bertz CT molecular complexity index is 658. The monoisotopic (exact) mass is 214 g/mol. The zero-order chi connectivity index (χ0) is 11.3. The molecule has 0 saturated carbocycles. The molecule has 0 aliphatic carbocycles. The number of pyridine rings is 1. The van der Waals surface area contributed by atoms with Crippen LogP contribution in [-0.4, -0.2) is 22.8 Å². The molecule has 0 atom stereocenters. The van der Waals surface area contributed by atoms with Crippen molar-refractivity contribution in [3.05, 3.63) is 45.7 Å². The van der Waals surface area contributed by atoms with Gasteiger partial charge < -0.3 is 9.88 Å². The van der Waals surface area contributed by atoms with Gasteiger partial charge in [-0.3, -0.25) is 9.59 Å². The second-order valence-electron chi connectivity index (χ2n) is 4.01. The molecule has 0 radical (unpaired) electrons. The molecular formula is C12H10N2O2. The van der Waals surface area contributed by atoms with Crippen molar-refractivity contribution in [2.75, 3.05) is 7.05 Å². The summed E-state index contributed by atoms with van der Waals surface area (Å²) in [6.07, 6.45) is 0. The second kappa shape index (κ2) is 2.95. The van der Waals surface area contributed by atoms with Gasteiger partial charge in [0.05, 0.1) is 17.7 Å². The Kier molecular flexibility index (Phi) is 1.68. The van der Waals surface area contributed by atoms with Crippen LogP contribution in [0.5, 0.6) is 0 Å². The number of hydrogen-bond donors (Lipinski definition) is 1. The number of aromatic nitrogens is 1. The molecular weight excluding hydrogens is 204 g/mol. The number of H-pyrrole nitrogens is 1. The van der Waals surface area contributed by atoms with E-state index in [0.717, 1.165) is 10.9 Å². The highest BCUT2D eigenvalue weighted by Gasteiger charge is 2.29. The molecule has 4 heteroatoms. The lowest BCUT2D eigenvalue weighted by Gasteiger charge is -2.05. The largest absolute Gasteiger partial charge is 0.337 e. The van der Waals surface area contributed by atoms with Gasteiger partial charge in [-0.05, 0) is 6.07 Å². The molecule has 0 spiro atoms. The Hall–Kier alpha value is -2.10. The van der Waals surface area contributed by atoms with Gasteiger partial charge in [0.25, 0.3) is 11.5 Å². The number of nitrogens with zero attached hydrogens (tertiary/aromatic N) is 1. The maximum Gasteiger partial charge on any atom is 0.255 e. The minimum absolute atomic E-state index is 0.0719. The van der Waals surface area contributed by atoms with Crippen LogP contribution < -0.4 is 5.56 Å². The number of rotatable bonds is 0. The van der Waals surface area contributed by atoms with Crippen LogP contribution in [-0.2, 0) is 6.54 Å². The molecule has 1 aromatic heterocycles. The Morgan fingerprint density at radius 1 is 1.25 bits per heavy atom. The van der Waals surface area contributed by atoms with Crippen LogP contribution >= 0.6 is 0 Å². The topological polar surface area (TPSA) is 53.2 Å². The first-order valence-electron chi connectivity index (χ1n) is 5.08. The maximum absolute atomic E-state index is 11.9. The van der Waals surface area contributed by atoms with E-state index in [4.69, 9.17) is 0 Å². The van der Waals surface area contributed by atoms with E-state index in [1.807, 2.05) is 24.3 Å². The van der Waals surface area contributed by atoms with Gasteiger partial charge in [-0.2, -0.15) is 0 Å². The molecule has 1 aliphatic heterocycles. The fraction of sp³-hybridized carbons (Fsp3) is 0.167. The third-order valence-electron chi connectivity index (χ3n) is 2.98. The molecule has 2 aromatic rings. The van der Waals surface area contributed by atoms with Crippen molar-refractivity contribution in [1.29, 1.82) is 0 Å². The van der Waals surface area contributed by atoms with Crippen LogP contribution in [0.25, 0.3) is 10.9 Å². The zero-order valence-corrected chi connectivity index (χ0v) is 8.78. The number of aromatic amines is 1. The van der Waals surface area contributed by atoms with Crippen LogP contribution in [0.3, 0.4) is 0 Å². The number of nitrogens with one attached hydrogen (secondary N) is 1. The summed E-state index contributed by atoms with van der Waals surface area (Å²) in [5.74, 6) is -0.0719. The quantitative estimate of drug-likeness (QED) is 0.714. The van der Waals surface area contributed by atoms with E-state index in [-0.39, 0.29) is 11.5 Å². The van der Waals surface area contributed by atoms with Crippen molar-refractivity contribution in [3.63, 3.8) is 0 Å². The number of carbonyl (C=O) groups is 1. The Labute approximate surface area is 91.5 Å². The fourth-order valence-electron chi connectivity index (χ4n) is 2.18. The molecule has 2 heterocycles. The number of fused-ring (bicyclic) bond motifs is 3. The summed E-state index contributed by atoms with van der Waals surface area (Å²) < 4.78 is 0. The van der Waals surface area contributed by atoms with Gasteiger partial charge in [0.2, 0.25) is 0 Å². The summed E-state index contributed by atoms with van der Waals surface area (Å²) in [6, 6.07) is 7.38. The molecule has 0 unspecified atom stereocenters. The molecule has 16 heavy (non-hydrogen) atoms. The molecule has 0 fully saturated rings. The number of amides is 1. The van der Waals surface area contributed by atoms with Crippen LogP contribution in [0, 0.1) is 0 Å². The first-order chi connectivity index (χ1) is 7.68. The molecule has 0 bridgehead atoms. The number of carbonyl (C=O) groups excluding carboxylic acids is 1. The van der Waals surface area contributed by atoms with E-state index in [1.54, 1.807) is 11.9 Å². The average Bonchev–Trinajstić information content (AvgIpc) is 2.57. The van der Waals surface area contributed by atoms with Gasteiger partial charge in [-0.25, -0.2) is 0 Å². The Balaban J connectivity index is 2.50. The normalized spacial score (nSPS) is 14.6. The van der Waals surface area contributed by atoms with Crippen molar-refractivity contribution in [2.45, 2.75) is 6.54 Å². The predicted molar refractivity (Wildman–Crippen MR) is 60.4 cm³/mol. The minimum Gasteiger partial charge on any atom is -0.337 e. The highest BCUT2D eigenvalue weighted by atomic mass is 16.2. The first-order valence-corrected chi connectivity index (χ1v) is 5.08. The van der Waals surface area contributed by atoms with Crippen molar-refractivity contribution < 1.29 is 4.79 Å². The van der Waals surface area contributed by atoms with Gasteiger partial charge >= 0.3 is 0 Å². The van der Waals surface area contributed by atoms with E-state index in [2.05, 4.69) is 4.98 Å². The van der Waals surface area contributed by atoms with Gasteiger partial charge in [-0.1, -0.05) is 18.2 Å². The van der Waals surface area contributed by atoms with E-state index in [1.165, 1.54) is 0 Å². The van der Waals surface area contributed by atoms with Crippen LogP contribution in [0.15, 0.2) is 29.1 Å². The maximum atomic E-state index is 11.9. The molecule has 4 nitrogen and oxygen atoms in total. The van der Waals surface area contributed by atoms with Gasteiger partial charge in [-0.15, -0.1) is 0 Å². The molecule has 1 aliphatic rings. The van der Waals surface area contributed by atoms with Crippen molar-refractivity contribution in [1.82, 2.24) is 9.88 Å². The Morgan fingerprint density at radius 3 is 2.81 bits per heavy atom. The third kappa shape index (κ3) is 1.04. The number of hydrogen-bond acceptors (Lipinski definition) is 2. The smallest absolute Gasteiger partial charge is 0.255 e. The molecule has 80 valence electrons. The van der Waals surface area contributed by atoms with E-state index in [9.17, 15) is 9.59 Å². The fourth-order valence-corrected chi connectivity index (χ4v) is 2.18. The van der Waals surface area contributed by atoms with Gasteiger partial charge in [0.1, 0.15) is 0 Å².